The van der Waals surface area contributed by atoms with E-state index < -0.39 is 0 Å². The van der Waals surface area contributed by atoms with E-state index in [4.69, 9.17) is 0 Å². The quantitative estimate of drug-likeness (QED) is 0.829. The van der Waals surface area contributed by atoms with Crippen molar-refractivity contribution in [2.75, 3.05) is 20.1 Å². The minimum Gasteiger partial charge on any atom is -0.341 e. The molecule has 0 aromatic rings. The Bertz CT molecular complexity index is 231. The first kappa shape index (κ1) is 15.7. The number of likely N-dealkylation sites (N-methyl/N-ethyl adjacent to an activating group) is 1. The van der Waals surface area contributed by atoms with Crippen LogP contribution in [0.15, 0.2) is 0 Å². The maximum Gasteiger partial charge on any atom is 0.228 e. The predicted octanol–water partition coefficient (Wildman–Crippen LogP) is 2.05. The summed E-state index contributed by atoms with van der Waals surface area (Å²) in [6, 6.07) is 0.482. The van der Waals surface area contributed by atoms with Gasteiger partial charge in [0, 0.05) is 24.5 Å². The first-order valence-corrected chi connectivity index (χ1v) is 5.98. The van der Waals surface area contributed by atoms with Gasteiger partial charge in [-0.05, 0) is 26.3 Å². The van der Waals surface area contributed by atoms with Gasteiger partial charge >= 0.3 is 0 Å². The van der Waals surface area contributed by atoms with Crippen molar-refractivity contribution in [1.82, 2.24) is 10.2 Å². The van der Waals surface area contributed by atoms with Crippen LogP contribution in [0.25, 0.3) is 0 Å². The molecule has 1 aliphatic rings. The molecule has 3 nitrogen and oxygen atoms in total. The highest BCUT2D eigenvalue weighted by molar-refractivity contribution is 5.85. The van der Waals surface area contributed by atoms with Crippen molar-refractivity contribution < 1.29 is 4.79 Å². The molecular formula is C12H25ClN2O. The fourth-order valence-corrected chi connectivity index (χ4v) is 1.98. The summed E-state index contributed by atoms with van der Waals surface area (Å²) in [6.07, 6.45) is 3.22. The van der Waals surface area contributed by atoms with Crippen LogP contribution < -0.4 is 5.32 Å². The van der Waals surface area contributed by atoms with E-state index in [1.54, 1.807) is 0 Å². The van der Waals surface area contributed by atoms with Gasteiger partial charge in [0.1, 0.15) is 0 Å². The SMILES string of the molecule is CCC(C)(C)C(=O)N1CCCC(NC)C1.Cl. The van der Waals surface area contributed by atoms with E-state index in [0.717, 1.165) is 25.9 Å². The number of nitrogens with one attached hydrogen (secondary N) is 1. The third-order valence-electron chi connectivity index (χ3n) is 3.58. The number of amides is 1. The Morgan fingerprint density at radius 2 is 2.12 bits per heavy atom. The lowest BCUT2D eigenvalue weighted by Crippen LogP contribution is -2.50. The maximum atomic E-state index is 12.2. The van der Waals surface area contributed by atoms with Crippen LogP contribution in [0.5, 0.6) is 0 Å². The van der Waals surface area contributed by atoms with Crippen LogP contribution in [0.4, 0.5) is 0 Å². The second-order valence-electron chi connectivity index (χ2n) is 5.12. The van der Waals surface area contributed by atoms with Crippen LogP contribution in [0.2, 0.25) is 0 Å². The van der Waals surface area contributed by atoms with Crippen LogP contribution in [-0.4, -0.2) is 37.0 Å². The molecule has 4 heteroatoms. The van der Waals surface area contributed by atoms with Gasteiger partial charge < -0.3 is 10.2 Å². The first-order chi connectivity index (χ1) is 7.01. The Morgan fingerprint density at radius 1 is 1.50 bits per heavy atom. The van der Waals surface area contributed by atoms with Gasteiger partial charge in [0.15, 0.2) is 0 Å². The summed E-state index contributed by atoms with van der Waals surface area (Å²) in [5.74, 6) is 0.310. The van der Waals surface area contributed by atoms with Gasteiger partial charge in [-0.2, -0.15) is 0 Å². The molecule has 1 atom stereocenters. The molecule has 0 spiro atoms. The number of rotatable bonds is 3. The van der Waals surface area contributed by atoms with Crippen LogP contribution in [0, 0.1) is 5.41 Å². The minimum atomic E-state index is -0.199. The predicted molar refractivity (Wildman–Crippen MR) is 70.0 cm³/mol. The third-order valence-corrected chi connectivity index (χ3v) is 3.58. The Morgan fingerprint density at radius 3 is 2.62 bits per heavy atom. The molecule has 1 fully saturated rings. The molecule has 0 aromatic heterocycles. The molecule has 0 saturated carbocycles. The van der Waals surface area contributed by atoms with Gasteiger partial charge in [0.05, 0.1) is 0 Å². The van der Waals surface area contributed by atoms with Crippen LogP contribution in [-0.2, 0) is 4.79 Å². The van der Waals surface area contributed by atoms with Gasteiger partial charge in [-0.1, -0.05) is 20.8 Å². The van der Waals surface area contributed by atoms with Crippen molar-refractivity contribution in [3.8, 4) is 0 Å². The molecule has 0 radical (unpaired) electrons. The van der Waals surface area contributed by atoms with Crippen molar-refractivity contribution in [2.45, 2.75) is 46.1 Å². The Labute approximate surface area is 105 Å². The van der Waals surface area contributed by atoms with Gasteiger partial charge in [0.25, 0.3) is 0 Å². The Balaban J connectivity index is 0.00000225. The summed E-state index contributed by atoms with van der Waals surface area (Å²) in [5.41, 5.74) is -0.199. The Kier molecular flexibility index (Phi) is 6.34. The molecule has 0 aromatic carbocycles. The van der Waals surface area contributed by atoms with Gasteiger partial charge in [0.2, 0.25) is 5.91 Å². The van der Waals surface area contributed by atoms with E-state index in [2.05, 4.69) is 12.2 Å². The van der Waals surface area contributed by atoms with E-state index in [1.807, 2.05) is 25.8 Å². The van der Waals surface area contributed by atoms with E-state index in [-0.39, 0.29) is 17.8 Å². The second kappa shape index (κ2) is 6.45. The third kappa shape index (κ3) is 3.63. The number of piperidine rings is 1. The van der Waals surface area contributed by atoms with E-state index >= 15 is 0 Å². The molecule has 1 aliphatic heterocycles. The van der Waals surface area contributed by atoms with Crippen molar-refractivity contribution in [3.63, 3.8) is 0 Å². The van der Waals surface area contributed by atoms with E-state index in [9.17, 15) is 4.79 Å². The molecule has 1 rings (SSSR count). The number of hydrogen-bond acceptors (Lipinski definition) is 2. The number of likely N-dealkylation sites (tertiary alicyclic amines) is 1. The van der Waals surface area contributed by atoms with Crippen molar-refractivity contribution in [3.05, 3.63) is 0 Å². The molecule has 0 bridgehead atoms. The molecule has 1 heterocycles. The van der Waals surface area contributed by atoms with Crippen molar-refractivity contribution in [1.29, 1.82) is 0 Å². The Hall–Kier alpha value is -0.280. The molecule has 1 unspecified atom stereocenters. The molecule has 96 valence electrons. The lowest BCUT2D eigenvalue weighted by molar-refractivity contribution is -0.141. The highest BCUT2D eigenvalue weighted by Gasteiger charge is 2.32. The maximum absolute atomic E-state index is 12.2. The smallest absolute Gasteiger partial charge is 0.228 e. The van der Waals surface area contributed by atoms with Gasteiger partial charge in [-0.15, -0.1) is 12.4 Å². The lowest BCUT2D eigenvalue weighted by atomic mass is 9.87. The molecule has 0 aliphatic carbocycles. The number of hydrogen-bond donors (Lipinski definition) is 1. The van der Waals surface area contributed by atoms with E-state index in [0.29, 0.717) is 11.9 Å². The van der Waals surface area contributed by atoms with Crippen LogP contribution in [0.1, 0.15) is 40.0 Å². The monoisotopic (exact) mass is 248 g/mol. The molecular weight excluding hydrogens is 224 g/mol. The first-order valence-electron chi connectivity index (χ1n) is 5.98. The van der Waals surface area contributed by atoms with E-state index in [1.165, 1.54) is 6.42 Å². The molecule has 1 saturated heterocycles. The summed E-state index contributed by atoms with van der Waals surface area (Å²) in [6.45, 7) is 7.97. The van der Waals surface area contributed by atoms with Gasteiger partial charge in [-0.25, -0.2) is 0 Å². The highest BCUT2D eigenvalue weighted by Crippen LogP contribution is 2.24. The summed E-state index contributed by atoms with van der Waals surface area (Å²) < 4.78 is 0. The normalized spacial score (nSPS) is 21.5. The van der Waals surface area contributed by atoms with Crippen molar-refractivity contribution >= 4 is 18.3 Å². The summed E-state index contributed by atoms with van der Waals surface area (Å²) in [7, 11) is 1.98. The number of carbonyl (C=O) groups is 1. The number of nitrogens with zero attached hydrogens (tertiary/aromatic N) is 1. The standard InChI is InChI=1S/C12H24N2O.ClH/c1-5-12(2,3)11(15)14-8-6-7-10(9-14)13-4;/h10,13H,5-9H2,1-4H3;1H. The highest BCUT2D eigenvalue weighted by atomic mass is 35.5. The van der Waals surface area contributed by atoms with Crippen molar-refractivity contribution in [2.24, 2.45) is 5.41 Å². The largest absolute Gasteiger partial charge is 0.341 e. The van der Waals surface area contributed by atoms with Crippen LogP contribution >= 0.6 is 12.4 Å². The average molecular weight is 249 g/mol. The number of carbonyl (C=O) groups excluding carboxylic acids is 1. The summed E-state index contributed by atoms with van der Waals surface area (Å²) >= 11 is 0. The fourth-order valence-electron chi connectivity index (χ4n) is 1.98. The lowest BCUT2D eigenvalue weighted by Gasteiger charge is -2.37. The summed E-state index contributed by atoms with van der Waals surface area (Å²) in [4.78, 5) is 14.2. The second-order valence-corrected chi connectivity index (χ2v) is 5.12. The zero-order valence-electron chi connectivity index (χ0n) is 10.9. The molecule has 1 amide bonds. The van der Waals surface area contributed by atoms with Crippen LogP contribution in [0.3, 0.4) is 0 Å². The fraction of sp³-hybridized carbons (Fsp3) is 0.917. The topological polar surface area (TPSA) is 32.3 Å². The molecule has 1 N–H and O–H groups in total. The molecule has 16 heavy (non-hydrogen) atoms. The summed E-state index contributed by atoms with van der Waals surface area (Å²) in [5, 5.41) is 3.26. The zero-order chi connectivity index (χ0) is 11.5. The average Bonchev–Trinajstić information content (AvgIpc) is 2.28. The zero-order valence-corrected chi connectivity index (χ0v) is 11.7. The minimum absolute atomic E-state index is 0. The number of halogens is 1. The van der Waals surface area contributed by atoms with Gasteiger partial charge in [-0.3, -0.25) is 4.79 Å².